The van der Waals surface area contributed by atoms with Gasteiger partial charge in [-0.2, -0.15) is 12.6 Å². The minimum atomic E-state index is -1.46. The third-order valence-electron chi connectivity index (χ3n) is 2.79. The Morgan fingerprint density at radius 2 is 1.60 bits per heavy atom. The zero-order valence-corrected chi connectivity index (χ0v) is 13.9. The average Bonchev–Trinajstić information content (AvgIpc) is 2.53. The van der Waals surface area contributed by atoms with Crippen molar-refractivity contribution in [3.05, 3.63) is 0 Å². The first-order valence-corrected chi connectivity index (χ1v) is 7.54. The van der Waals surface area contributed by atoms with Crippen LogP contribution in [0.25, 0.3) is 0 Å². The fourth-order valence-electron chi connectivity index (χ4n) is 1.48. The van der Waals surface area contributed by atoms with Crippen molar-refractivity contribution >= 4 is 42.3 Å². The van der Waals surface area contributed by atoms with Gasteiger partial charge >= 0.3 is 11.9 Å². The van der Waals surface area contributed by atoms with Crippen LogP contribution in [0.4, 0.5) is 0 Å². The quantitative estimate of drug-likeness (QED) is 0.163. The number of hydrogen-bond donors (Lipinski definition) is 8. The molecule has 3 unspecified atom stereocenters. The molecule has 0 saturated carbocycles. The van der Waals surface area contributed by atoms with Crippen molar-refractivity contribution in [1.82, 2.24) is 16.0 Å². The van der Waals surface area contributed by atoms with Gasteiger partial charge in [-0.3, -0.25) is 19.2 Å². The number of nitrogens with one attached hydrogen (secondary N) is 3. The number of aliphatic carboxylic acids is 2. The van der Waals surface area contributed by atoms with Crippen LogP contribution in [0.5, 0.6) is 0 Å². The number of thiol groups is 1. The van der Waals surface area contributed by atoms with Crippen LogP contribution in [0.2, 0.25) is 0 Å². The maximum absolute atomic E-state index is 11.8. The number of carboxylic acids is 2. The monoisotopic (exact) mass is 380 g/mol. The van der Waals surface area contributed by atoms with Crippen molar-refractivity contribution in [3.8, 4) is 0 Å². The molecule has 0 aromatic heterocycles. The van der Waals surface area contributed by atoms with Gasteiger partial charge in [0.05, 0.1) is 25.6 Å². The Balaban J connectivity index is 4.50. The third kappa shape index (κ3) is 8.88. The van der Waals surface area contributed by atoms with Crippen molar-refractivity contribution in [3.63, 3.8) is 0 Å². The van der Waals surface area contributed by atoms with Gasteiger partial charge in [0, 0.05) is 5.75 Å². The van der Waals surface area contributed by atoms with E-state index in [-0.39, 0.29) is 5.75 Å². The highest BCUT2D eigenvalue weighted by atomic mass is 32.1. The Hall–Kier alpha value is -2.38. The molecule has 0 heterocycles. The molecule has 13 heteroatoms. The lowest BCUT2D eigenvalue weighted by molar-refractivity contribution is -0.141. The van der Waals surface area contributed by atoms with Crippen molar-refractivity contribution in [2.45, 2.75) is 24.5 Å². The van der Waals surface area contributed by atoms with Crippen LogP contribution in [0, 0.1) is 0 Å². The fourth-order valence-corrected chi connectivity index (χ4v) is 1.72. The van der Waals surface area contributed by atoms with E-state index in [4.69, 9.17) is 21.1 Å². The third-order valence-corrected chi connectivity index (χ3v) is 3.15. The molecule has 0 saturated heterocycles. The van der Waals surface area contributed by atoms with Crippen molar-refractivity contribution in [2.24, 2.45) is 5.73 Å². The molecule has 0 rings (SSSR count). The van der Waals surface area contributed by atoms with E-state index in [0.29, 0.717) is 0 Å². The van der Waals surface area contributed by atoms with E-state index in [2.05, 4.69) is 23.3 Å². The molecule has 0 radical (unpaired) electrons. The van der Waals surface area contributed by atoms with Gasteiger partial charge in [-0.05, 0) is 0 Å². The topological polar surface area (TPSA) is 208 Å². The Labute approximate surface area is 147 Å². The maximum Gasteiger partial charge on any atom is 0.327 e. The normalized spacial score (nSPS) is 13.9. The van der Waals surface area contributed by atoms with Crippen LogP contribution in [0.3, 0.4) is 0 Å². The van der Waals surface area contributed by atoms with Crippen LogP contribution < -0.4 is 21.7 Å². The molecule has 0 aromatic carbocycles. The molecule has 8 N–H and O–H groups in total. The van der Waals surface area contributed by atoms with Crippen molar-refractivity contribution in [1.29, 1.82) is 0 Å². The minimum absolute atomic E-state index is 0.161. The second-order valence-corrected chi connectivity index (χ2v) is 5.17. The Kier molecular flexibility index (Phi) is 10.2. The Morgan fingerprint density at radius 1 is 1.00 bits per heavy atom. The molecule has 0 aliphatic rings. The van der Waals surface area contributed by atoms with Gasteiger partial charge in [0.25, 0.3) is 0 Å². The number of carbonyl (C=O) groups is 5. The number of nitrogens with two attached hydrogens (primary N) is 1. The summed E-state index contributed by atoms with van der Waals surface area (Å²) >= 11 is 3.75. The van der Waals surface area contributed by atoms with Gasteiger partial charge in [-0.25, -0.2) is 4.79 Å². The van der Waals surface area contributed by atoms with Gasteiger partial charge in [0.1, 0.15) is 12.1 Å². The number of carbonyl (C=O) groups excluding carboxylic acids is 3. The molecule has 0 aliphatic heterocycles. The zero-order valence-electron chi connectivity index (χ0n) is 13.0. The first-order chi connectivity index (χ1) is 11.6. The number of hydrogen-bond acceptors (Lipinski definition) is 8. The zero-order chi connectivity index (χ0) is 19.6. The number of aliphatic hydroxyl groups excluding tert-OH is 1. The summed E-state index contributed by atoms with van der Waals surface area (Å²) in [5.74, 6) is -5.51. The van der Waals surface area contributed by atoms with Gasteiger partial charge in [-0.15, -0.1) is 0 Å². The molecule has 0 bridgehead atoms. The molecule has 25 heavy (non-hydrogen) atoms. The molecular weight excluding hydrogens is 360 g/mol. The van der Waals surface area contributed by atoms with E-state index in [0.717, 1.165) is 0 Å². The smallest absolute Gasteiger partial charge is 0.327 e. The van der Waals surface area contributed by atoms with Crippen LogP contribution in [0.15, 0.2) is 0 Å². The second-order valence-electron chi connectivity index (χ2n) is 4.81. The SMILES string of the molecule is NC(CC(=O)O)C(=O)NC(CO)C(=O)NCC(=O)NC(CS)C(=O)O. The summed E-state index contributed by atoms with van der Waals surface area (Å²) in [6.45, 7) is -1.43. The summed E-state index contributed by atoms with van der Waals surface area (Å²) in [6, 6.07) is -4.12. The molecule has 0 spiro atoms. The predicted molar refractivity (Wildman–Crippen MR) is 85.7 cm³/mol. The molecule has 0 fully saturated rings. The van der Waals surface area contributed by atoms with E-state index in [9.17, 15) is 24.0 Å². The van der Waals surface area contributed by atoms with Crippen LogP contribution >= 0.6 is 12.6 Å². The van der Waals surface area contributed by atoms with Crippen molar-refractivity contribution < 1.29 is 39.3 Å². The molecule has 0 aliphatic carbocycles. The first kappa shape index (κ1) is 22.6. The van der Waals surface area contributed by atoms with Crippen molar-refractivity contribution in [2.75, 3.05) is 18.9 Å². The number of rotatable bonds is 11. The summed E-state index contributed by atoms with van der Waals surface area (Å²) in [6.07, 6.45) is -0.672. The minimum Gasteiger partial charge on any atom is -0.481 e. The van der Waals surface area contributed by atoms with Gasteiger partial charge < -0.3 is 37.0 Å². The fraction of sp³-hybridized carbons (Fsp3) is 0.583. The Morgan fingerprint density at radius 3 is 2.04 bits per heavy atom. The molecule has 0 aromatic rings. The van der Waals surface area contributed by atoms with Crippen LogP contribution in [0.1, 0.15) is 6.42 Å². The number of amides is 3. The predicted octanol–water partition coefficient (Wildman–Crippen LogP) is -4.12. The van der Waals surface area contributed by atoms with Gasteiger partial charge in [0.15, 0.2) is 0 Å². The summed E-state index contributed by atoms with van der Waals surface area (Å²) in [5, 5.41) is 32.6. The van der Waals surface area contributed by atoms with E-state index in [1.54, 1.807) is 0 Å². The summed E-state index contributed by atoms with van der Waals surface area (Å²) < 4.78 is 0. The van der Waals surface area contributed by atoms with E-state index < -0.39 is 67.4 Å². The summed E-state index contributed by atoms with van der Waals surface area (Å²) in [7, 11) is 0. The molecule has 142 valence electrons. The summed E-state index contributed by atoms with van der Waals surface area (Å²) in [4.78, 5) is 56.1. The molecular formula is C12H20N4O8S. The standard InChI is InChI=1S/C12H20N4O8S/c13-5(1-9(19)20)10(21)16-6(3-17)11(22)14-2-8(18)15-7(4-25)12(23)24/h5-7,17,25H,1-4,13H2,(H,14,22)(H,15,18)(H,16,21)(H,19,20)(H,23,24). The average molecular weight is 380 g/mol. The highest BCUT2D eigenvalue weighted by Gasteiger charge is 2.25. The van der Waals surface area contributed by atoms with Gasteiger partial charge in [-0.1, -0.05) is 0 Å². The molecule has 12 nitrogen and oxygen atoms in total. The highest BCUT2D eigenvalue weighted by Crippen LogP contribution is 1.92. The molecule has 3 amide bonds. The summed E-state index contributed by atoms with van der Waals surface area (Å²) in [5.41, 5.74) is 5.31. The largest absolute Gasteiger partial charge is 0.481 e. The lowest BCUT2D eigenvalue weighted by atomic mass is 10.2. The van der Waals surface area contributed by atoms with E-state index >= 15 is 0 Å². The highest BCUT2D eigenvalue weighted by molar-refractivity contribution is 7.80. The molecule has 3 atom stereocenters. The van der Waals surface area contributed by atoms with E-state index in [1.807, 2.05) is 5.32 Å². The van der Waals surface area contributed by atoms with E-state index in [1.165, 1.54) is 0 Å². The lowest BCUT2D eigenvalue weighted by Crippen LogP contribution is -2.55. The maximum atomic E-state index is 11.8. The van der Waals surface area contributed by atoms with Crippen LogP contribution in [-0.2, 0) is 24.0 Å². The lowest BCUT2D eigenvalue weighted by Gasteiger charge is -2.18. The number of aliphatic hydroxyl groups is 1. The Bertz CT molecular complexity index is 529. The first-order valence-electron chi connectivity index (χ1n) is 6.91. The second kappa shape index (κ2) is 11.2. The number of carboxylic acid groups (broad SMARTS) is 2. The van der Waals surface area contributed by atoms with Gasteiger partial charge in [0.2, 0.25) is 17.7 Å². The van der Waals surface area contributed by atoms with Crippen LogP contribution in [-0.4, -0.2) is 82.0 Å².